The number of rotatable bonds is 62. The van der Waals surface area contributed by atoms with Gasteiger partial charge < -0.3 is 14.2 Å². The number of carbonyl (C=O) groups excluding carboxylic acids is 3. The van der Waals surface area contributed by atoms with Crippen LogP contribution in [0.5, 0.6) is 0 Å². The summed E-state index contributed by atoms with van der Waals surface area (Å²) in [5.41, 5.74) is 0. The smallest absolute Gasteiger partial charge is 0.306 e. The van der Waals surface area contributed by atoms with Crippen LogP contribution in [-0.4, -0.2) is 37.2 Å². The van der Waals surface area contributed by atoms with Crippen molar-refractivity contribution in [2.45, 2.75) is 386 Å². The molecule has 1 unspecified atom stereocenters. The maximum absolute atomic E-state index is 12.8. The Bertz CT molecular complexity index is 1130. The van der Waals surface area contributed by atoms with Crippen molar-refractivity contribution < 1.29 is 28.6 Å². The second kappa shape index (κ2) is 62.7. The van der Waals surface area contributed by atoms with E-state index in [4.69, 9.17) is 14.2 Å². The fraction of sp³-hybridized carbons (Fsp3) is 0.925. The van der Waals surface area contributed by atoms with Gasteiger partial charge in [0.25, 0.3) is 0 Å². The maximum atomic E-state index is 12.8. The molecular weight excluding hydrogens is 901 g/mol. The lowest BCUT2D eigenvalue weighted by Gasteiger charge is -2.18. The van der Waals surface area contributed by atoms with Crippen LogP contribution in [0.4, 0.5) is 0 Å². The third-order valence-electron chi connectivity index (χ3n) is 15.3. The van der Waals surface area contributed by atoms with Crippen molar-refractivity contribution >= 4 is 17.9 Å². The van der Waals surface area contributed by atoms with Crippen molar-refractivity contribution in [2.24, 2.45) is 0 Å². The molecule has 0 saturated heterocycles. The van der Waals surface area contributed by atoms with Gasteiger partial charge in [-0.3, -0.25) is 14.4 Å². The molecule has 0 spiro atoms. The van der Waals surface area contributed by atoms with Crippen molar-refractivity contribution in [3.63, 3.8) is 0 Å². The molecule has 0 aliphatic rings. The average Bonchev–Trinajstić information content (AvgIpc) is 3.39. The Kier molecular flexibility index (Phi) is 61.1. The summed E-state index contributed by atoms with van der Waals surface area (Å²) >= 11 is 0. The van der Waals surface area contributed by atoms with E-state index in [-0.39, 0.29) is 31.1 Å². The van der Waals surface area contributed by atoms with Crippen LogP contribution in [0.3, 0.4) is 0 Å². The second-order valence-electron chi connectivity index (χ2n) is 22.7. The number of hydrogen-bond donors (Lipinski definition) is 0. The van der Waals surface area contributed by atoms with Crippen LogP contribution < -0.4 is 0 Å². The first kappa shape index (κ1) is 71.2. The molecular formula is C67H128O6. The van der Waals surface area contributed by atoms with E-state index in [1.807, 2.05) is 0 Å². The molecule has 432 valence electrons. The van der Waals surface area contributed by atoms with Crippen molar-refractivity contribution in [3.8, 4) is 0 Å². The van der Waals surface area contributed by atoms with E-state index in [1.165, 1.54) is 283 Å². The summed E-state index contributed by atoms with van der Waals surface area (Å²) in [5.74, 6) is -0.847. The molecule has 0 rings (SSSR count). The molecule has 0 bridgehead atoms. The van der Waals surface area contributed by atoms with Gasteiger partial charge in [-0.05, 0) is 44.9 Å². The van der Waals surface area contributed by atoms with E-state index in [1.54, 1.807) is 0 Å². The largest absolute Gasteiger partial charge is 0.462 e. The van der Waals surface area contributed by atoms with E-state index in [2.05, 4.69) is 32.9 Å². The Morgan fingerprint density at radius 1 is 0.260 bits per heavy atom. The molecule has 73 heavy (non-hydrogen) atoms. The van der Waals surface area contributed by atoms with Crippen LogP contribution in [0.2, 0.25) is 0 Å². The zero-order valence-corrected chi connectivity index (χ0v) is 49.7. The molecule has 6 heteroatoms. The van der Waals surface area contributed by atoms with Crippen molar-refractivity contribution in [2.75, 3.05) is 13.2 Å². The average molecular weight is 1030 g/mol. The molecule has 0 N–H and O–H groups in total. The van der Waals surface area contributed by atoms with Crippen LogP contribution in [0.25, 0.3) is 0 Å². The molecule has 0 aliphatic heterocycles. The van der Waals surface area contributed by atoms with Crippen LogP contribution in [0.1, 0.15) is 380 Å². The first-order valence-corrected chi connectivity index (χ1v) is 33.2. The summed E-state index contributed by atoms with van der Waals surface area (Å²) in [4.78, 5) is 38.1. The van der Waals surface area contributed by atoms with Crippen molar-refractivity contribution in [1.29, 1.82) is 0 Å². The molecule has 0 aliphatic carbocycles. The lowest BCUT2D eigenvalue weighted by Crippen LogP contribution is -2.30. The standard InChI is InChI=1S/C67H128O6/c1-4-7-10-13-16-18-20-22-24-26-28-29-30-31-32-33-34-35-36-37-39-40-42-44-46-48-51-54-57-60-66(69)72-63-64(62-71-65(68)59-56-53-50-15-12-9-6-3)73-67(70)61-58-55-52-49-47-45-43-41-38-27-25-23-21-19-17-14-11-8-5-2/h23,25,64H,4-22,24,26-63H2,1-3H3/b25-23-. The van der Waals surface area contributed by atoms with Crippen LogP contribution >= 0.6 is 0 Å². The molecule has 0 aromatic heterocycles. The summed E-state index contributed by atoms with van der Waals surface area (Å²) in [6, 6.07) is 0. The molecule has 0 amide bonds. The molecule has 0 aromatic carbocycles. The summed E-state index contributed by atoms with van der Waals surface area (Å²) < 4.78 is 16.9. The van der Waals surface area contributed by atoms with Gasteiger partial charge >= 0.3 is 17.9 Å². The highest BCUT2D eigenvalue weighted by Crippen LogP contribution is 2.18. The van der Waals surface area contributed by atoms with E-state index in [9.17, 15) is 14.4 Å². The first-order chi connectivity index (χ1) is 36.0. The first-order valence-electron chi connectivity index (χ1n) is 33.2. The number of hydrogen-bond acceptors (Lipinski definition) is 6. The Morgan fingerprint density at radius 3 is 0.685 bits per heavy atom. The molecule has 0 fully saturated rings. The van der Waals surface area contributed by atoms with Gasteiger partial charge in [0.05, 0.1) is 0 Å². The Labute approximate surface area is 456 Å². The third-order valence-corrected chi connectivity index (χ3v) is 15.3. The van der Waals surface area contributed by atoms with Gasteiger partial charge in [0.1, 0.15) is 13.2 Å². The third kappa shape index (κ3) is 60.9. The Hall–Kier alpha value is -1.85. The van der Waals surface area contributed by atoms with Gasteiger partial charge in [0.15, 0.2) is 6.10 Å². The minimum absolute atomic E-state index is 0.0652. The number of ether oxygens (including phenoxy) is 3. The van der Waals surface area contributed by atoms with Crippen LogP contribution in [0.15, 0.2) is 12.2 Å². The fourth-order valence-corrected chi connectivity index (χ4v) is 10.3. The van der Waals surface area contributed by atoms with Gasteiger partial charge in [-0.1, -0.05) is 328 Å². The minimum atomic E-state index is -0.765. The van der Waals surface area contributed by atoms with Crippen molar-refractivity contribution in [3.05, 3.63) is 12.2 Å². The highest BCUT2D eigenvalue weighted by atomic mass is 16.6. The molecule has 1 atom stereocenters. The lowest BCUT2D eigenvalue weighted by molar-refractivity contribution is -0.167. The summed E-state index contributed by atoms with van der Waals surface area (Å²) in [6.45, 7) is 6.66. The normalized spacial score (nSPS) is 12.0. The van der Waals surface area contributed by atoms with E-state index in [0.717, 1.165) is 57.8 Å². The summed E-state index contributed by atoms with van der Waals surface area (Å²) in [5, 5.41) is 0. The predicted octanol–water partition coefficient (Wildman–Crippen LogP) is 22.4. The van der Waals surface area contributed by atoms with Gasteiger partial charge in [0, 0.05) is 19.3 Å². The van der Waals surface area contributed by atoms with Gasteiger partial charge in [-0.2, -0.15) is 0 Å². The van der Waals surface area contributed by atoms with Crippen LogP contribution in [-0.2, 0) is 28.6 Å². The number of allylic oxidation sites excluding steroid dienone is 2. The van der Waals surface area contributed by atoms with Gasteiger partial charge in [-0.25, -0.2) is 0 Å². The number of esters is 3. The van der Waals surface area contributed by atoms with Crippen molar-refractivity contribution in [1.82, 2.24) is 0 Å². The number of unbranched alkanes of at least 4 members (excludes halogenated alkanes) is 49. The zero-order chi connectivity index (χ0) is 52.9. The summed E-state index contributed by atoms with van der Waals surface area (Å²) in [7, 11) is 0. The predicted molar refractivity (Wildman–Crippen MR) is 317 cm³/mol. The molecule has 0 saturated carbocycles. The SMILES string of the molecule is CCCCCCCC/C=C\CCCCCCCCCCCC(=O)OC(COC(=O)CCCCCCCCC)COC(=O)CCCCCCCCCCCCCCCCCCCCCCCCCCCCCCC. The minimum Gasteiger partial charge on any atom is -0.462 e. The molecule has 0 aromatic rings. The van der Waals surface area contributed by atoms with Gasteiger partial charge in [-0.15, -0.1) is 0 Å². The van der Waals surface area contributed by atoms with Crippen LogP contribution in [0, 0.1) is 0 Å². The van der Waals surface area contributed by atoms with E-state index >= 15 is 0 Å². The lowest BCUT2D eigenvalue weighted by atomic mass is 10.0. The highest BCUT2D eigenvalue weighted by molar-refractivity contribution is 5.71. The molecule has 0 heterocycles. The molecule has 0 radical (unpaired) electrons. The fourth-order valence-electron chi connectivity index (χ4n) is 10.3. The maximum Gasteiger partial charge on any atom is 0.306 e. The highest BCUT2D eigenvalue weighted by Gasteiger charge is 2.19. The zero-order valence-electron chi connectivity index (χ0n) is 49.7. The Balaban J connectivity index is 4.00. The monoisotopic (exact) mass is 1030 g/mol. The topological polar surface area (TPSA) is 78.9 Å². The van der Waals surface area contributed by atoms with E-state index in [0.29, 0.717) is 19.3 Å². The number of carbonyl (C=O) groups is 3. The quantitative estimate of drug-likeness (QED) is 0.0261. The second-order valence-corrected chi connectivity index (χ2v) is 22.7. The van der Waals surface area contributed by atoms with Gasteiger partial charge in [0.2, 0.25) is 0 Å². The Morgan fingerprint density at radius 2 is 0.452 bits per heavy atom. The van der Waals surface area contributed by atoms with E-state index < -0.39 is 6.10 Å². The summed E-state index contributed by atoms with van der Waals surface area (Å²) in [6.07, 6.45) is 74.1. The molecule has 6 nitrogen and oxygen atoms in total.